The van der Waals surface area contributed by atoms with Crippen LogP contribution in [0.2, 0.25) is 0 Å². The second kappa shape index (κ2) is 8.41. The van der Waals surface area contributed by atoms with Crippen LogP contribution < -0.4 is 9.64 Å². The number of carbonyl (C=O) groups is 1. The van der Waals surface area contributed by atoms with Crippen molar-refractivity contribution >= 4 is 24.1 Å². The third-order valence-electron chi connectivity index (χ3n) is 5.91. The summed E-state index contributed by atoms with van der Waals surface area (Å²) in [5, 5.41) is 10.1. The lowest BCUT2D eigenvalue weighted by Crippen LogP contribution is -2.22. The first kappa shape index (κ1) is 20.3. The number of fused-ring (bicyclic) bond motifs is 2. The van der Waals surface area contributed by atoms with Crippen LogP contribution in [0.4, 0.5) is 5.69 Å². The van der Waals surface area contributed by atoms with Crippen molar-refractivity contribution in [3.8, 4) is 11.5 Å². The molecule has 0 spiro atoms. The van der Waals surface area contributed by atoms with Gasteiger partial charge in [0.05, 0.1) is 0 Å². The number of benzene rings is 3. The maximum atomic E-state index is 12.4. The Bertz CT molecular complexity index is 1060. The number of anilines is 1. The molecule has 2 aliphatic heterocycles. The fourth-order valence-corrected chi connectivity index (χ4v) is 4.54. The number of ether oxygens (including phenoxy) is 1. The zero-order chi connectivity index (χ0) is 19.8. The highest BCUT2D eigenvalue weighted by molar-refractivity contribution is 5.86. The van der Waals surface area contributed by atoms with Gasteiger partial charge in [0.15, 0.2) is 0 Å². The topological polar surface area (TPSA) is 49.8 Å². The number of carboxylic acids is 1. The number of hydrogen-bond acceptors (Lipinski definition) is 3. The van der Waals surface area contributed by atoms with E-state index >= 15 is 0 Å². The fourth-order valence-electron chi connectivity index (χ4n) is 4.54. The Morgan fingerprint density at radius 2 is 1.67 bits per heavy atom. The molecular weight excluding hydrogens is 398 g/mol. The molecule has 2 aliphatic rings. The summed E-state index contributed by atoms with van der Waals surface area (Å²) in [4.78, 5) is 14.7. The minimum atomic E-state index is -0.842. The van der Waals surface area contributed by atoms with Crippen molar-refractivity contribution in [2.45, 2.75) is 25.2 Å². The zero-order valence-electron chi connectivity index (χ0n) is 16.6. The summed E-state index contributed by atoms with van der Waals surface area (Å²) in [6.45, 7) is 2.06. The minimum absolute atomic E-state index is 0. The van der Waals surface area contributed by atoms with Gasteiger partial charge in [-0.05, 0) is 42.5 Å². The molecule has 4 nitrogen and oxygen atoms in total. The highest BCUT2D eigenvalue weighted by Crippen LogP contribution is 2.48. The zero-order valence-corrected chi connectivity index (χ0v) is 17.4. The van der Waals surface area contributed by atoms with Gasteiger partial charge in [-0.15, -0.1) is 12.4 Å². The molecular formula is C25H24ClNO3. The average Bonchev–Trinajstić information content (AvgIpc) is 3.27. The highest BCUT2D eigenvalue weighted by Gasteiger charge is 2.35. The van der Waals surface area contributed by atoms with E-state index in [1.807, 2.05) is 48.5 Å². The van der Waals surface area contributed by atoms with E-state index in [4.69, 9.17) is 4.74 Å². The van der Waals surface area contributed by atoms with Crippen LogP contribution in [-0.2, 0) is 11.2 Å². The van der Waals surface area contributed by atoms with E-state index in [2.05, 4.69) is 23.1 Å². The Kier molecular flexibility index (Phi) is 5.69. The summed E-state index contributed by atoms with van der Waals surface area (Å²) in [5.41, 5.74) is 4.81. The molecule has 5 rings (SSSR count). The van der Waals surface area contributed by atoms with Gasteiger partial charge < -0.3 is 14.7 Å². The summed E-state index contributed by atoms with van der Waals surface area (Å²) >= 11 is 0. The molecule has 0 bridgehead atoms. The molecule has 0 aliphatic carbocycles. The van der Waals surface area contributed by atoms with Gasteiger partial charge in [-0.3, -0.25) is 4.79 Å². The van der Waals surface area contributed by atoms with E-state index in [0.29, 0.717) is 17.9 Å². The molecule has 30 heavy (non-hydrogen) atoms. The van der Waals surface area contributed by atoms with Crippen LogP contribution in [0.25, 0.3) is 0 Å². The van der Waals surface area contributed by atoms with Crippen LogP contribution in [0.15, 0.2) is 66.7 Å². The maximum absolute atomic E-state index is 12.4. The van der Waals surface area contributed by atoms with E-state index in [-0.39, 0.29) is 12.4 Å². The average molecular weight is 422 g/mol. The first-order valence-corrected chi connectivity index (χ1v) is 10.2. The van der Waals surface area contributed by atoms with Crippen LogP contribution in [0.5, 0.6) is 11.5 Å². The Morgan fingerprint density at radius 3 is 2.40 bits per heavy atom. The molecule has 3 aromatic rings. The van der Waals surface area contributed by atoms with Gasteiger partial charge in [-0.25, -0.2) is 0 Å². The van der Waals surface area contributed by atoms with Crippen LogP contribution >= 0.6 is 12.4 Å². The first-order chi connectivity index (χ1) is 14.2. The molecule has 1 atom stereocenters. The number of nitrogens with zero attached hydrogens (tertiary/aromatic N) is 1. The van der Waals surface area contributed by atoms with E-state index in [1.54, 1.807) is 0 Å². The van der Waals surface area contributed by atoms with Crippen molar-refractivity contribution in [1.29, 1.82) is 0 Å². The van der Waals surface area contributed by atoms with E-state index in [9.17, 15) is 9.90 Å². The van der Waals surface area contributed by atoms with Crippen molar-refractivity contribution in [1.82, 2.24) is 0 Å². The Hall–Kier alpha value is -2.98. The number of rotatable bonds is 4. The third kappa shape index (κ3) is 3.63. The maximum Gasteiger partial charge on any atom is 0.315 e. The number of aliphatic carboxylic acids is 1. The molecule has 1 fully saturated rings. The summed E-state index contributed by atoms with van der Waals surface area (Å²) < 4.78 is 6.25. The molecule has 1 N–H and O–H groups in total. The second-order valence-corrected chi connectivity index (χ2v) is 7.78. The molecule has 2 heterocycles. The normalized spacial score (nSPS) is 16.8. The predicted molar refractivity (Wildman–Crippen MR) is 120 cm³/mol. The number of hydrogen-bond donors (Lipinski definition) is 1. The van der Waals surface area contributed by atoms with Gasteiger partial charge in [-0.1, -0.05) is 48.5 Å². The lowest BCUT2D eigenvalue weighted by atomic mass is 9.83. The molecule has 154 valence electrons. The molecule has 0 radical (unpaired) electrons. The van der Waals surface area contributed by atoms with Crippen LogP contribution in [0.3, 0.4) is 0 Å². The van der Waals surface area contributed by atoms with E-state index < -0.39 is 11.9 Å². The van der Waals surface area contributed by atoms with Crippen molar-refractivity contribution < 1.29 is 14.6 Å². The van der Waals surface area contributed by atoms with Crippen molar-refractivity contribution in [3.05, 3.63) is 89.0 Å². The van der Waals surface area contributed by atoms with Gasteiger partial charge in [0.2, 0.25) is 0 Å². The Balaban J connectivity index is 0.00000218. The minimum Gasteiger partial charge on any atom is -0.481 e. The smallest absolute Gasteiger partial charge is 0.315 e. The fraction of sp³-hybridized carbons (Fsp3) is 0.240. The summed E-state index contributed by atoms with van der Waals surface area (Å²) in [5.74, 6) is -0.255. The Morgan fingerprint density at radius 1 is 0.967 bits per heavy atom. The lowest BCUT2D eigenvalue weighted by molar-refractivity contribution is -0.137. The first-order valence-electron chi connectivity index (χ1n) is 10.2. The van der Waals surface area contributed by atoms with Crippen molar-refractivity contribution in [2.24, 2.45) is 0 Å². The summed E-state index contributed by atoms with van der Waals surface area (Å²) in [6.07, 6.45) is 3.05. The van der Waals surface area contributed by atoms with Gasteiger partial charge >= 0.3 is 5.97 Å². The summed E-state index contributed by atoms with van der Waals surface area (Å²) in [7, 11) is 0. The molecule has 0 amide bonds. The predicted octanol–water partition coefficient (Wildman–Crippen LogP) is 5.62. The lowest BCUT2D eigenvalue weighted by Gasteiger charge is -2.30. The molecule has 3 aromatic carbocycles. The Labute approximate surface area is 182 Å². The van der Waals surface area contributed by atoms with Crippen molar-refractivity contribution in [3.63, 3.8) is 0 Å². The highest BCUT2D eigenvalue weighted by atomic mass is 35.5. The number of halogens is 1. The van der Waals surface area contributed by atoms with Gasteiger partial charge in [-0.2, -0.15) is 0 Å². The quantitative estimate of drug-likeness (QED) is 0.593. The largest absolute Gasteiger partial charge is 0.481 e. The molecule has 0 saturated carbocycles. The van der Waals surface area contributed by atoms with E-state index in [0.717, 1.165) is 41.0 Å². The molecule has 5 heteroatoms. The van der Waals surface area contributed by atoms with Crippen LogP contribution in [0, 0.1) is 0 Å². The second-order valence-electron chi connectivity index (χ2n) is 7.78. The van der Waals surface area contributed by atoms with E-state index in [1.165, 1.54) is 12.8 Å². The van der Waals surface area contributed by atoms with Gasteiger partial charge in [0.1, 0.15) is 17.4 Å². The third-order valence-corrected chi connectivity index (χ3v) is 5.91. The number of para-hydroxylation sites is 1. The number of carboxylic acid groups (broad SMARTS) is 1. The SMILES string of the molecule is Cl.O=C(O)C1c2ccccc2Oc2cc(N3CCCC3)cc(Cc3ccccc3)c21. The van der Waals surface area contributed by atoms with Crippen LogP contribution in [-0.4, -0.2) is 24.2 Å². The van der Waals surface area contributed by atoms with Crippen molar-refractivity contribution in [2.75, 3.05) is 18.0 Å². The van der Waals surface area contributed by atoms with Gasteiger partial charge in [0.25, 0.3) is 0 Å². The molecule has 0 aromatic heterocycles. The van der Waals surface area contributed by atoms with Gasteiger partial charge in [0, 0.05) is 36.0 Å². The van der Waals surface area contributed by atoms with Crippen LogP contribution in [0.1, 0.15) is 41.0 Å². The standard InChI is InChI=1S/C25H23NO3.ClH/c27-25(28)24-20-10-4-5-11-21(20)29-22-16-19(26-12-6-7-13-26)15-18(23(22)24)14-17-8-2-1-3-9-17;/h1-5,8-11,15-16,24H,6-7,12-14H2,(H,27,28);1H. The molecule has 1 saturated heterocycles. The monoisotopic (exact) mass is 421 g/mol. The molecule has 1 unspecified atom stereocenters. The summed E-state index contributed by atoms with van der Waals surface area (Å²) in [6, 6.07) is 21.9.